The highest BCUT2D eigenvalue weighted by atomic mass is 35.5. The molecule has 0 spiro atoms. The molecule has 7 heteroatoms. The van der Waals surface area contributed by atoms with Crippen LogP contribution in [0.1, 0.15) is 12.5 Å². The Labute approximate surface area is 108 Å². The summed E-state index contributed by atoms with van der Waals surface area (Å²) in [4.78, 5) is 20.9. The summed E-state index contributed by atoms with van der Waals surface area (Å²) < 4.78 is 4.95. The number of amides is 1. The second-order valence-electron chi connectivity index (χ2n) is 3.30. The number of ether oxygens (including phenoxy) is 1. The van der Waals surface area contributed by atoms with E-state index in [-0.39, 0.29) is 16.7 Å². The Kier molecular flexibility index (Phi) is 5.13. The maximum Gasteiger partial charge on any atom is 0.341 e. The first-order valence-corrected chi connectivity index (χ1v) is 5.30. The number of benzene rings is 1. The molecular formula is C11H11ClN2O4. The zero-order valence-corrected chi connectivity index (χ0v) is 10.3. The molecule has 0 saturated heterocycles. The SMILES string of the molecule is CC(=O)N/N=C/c1ccc(OCC(=O)O)c(Cl)c1. The van der Waals surface area contributed by atoms with Gasteiger partial charge in [0.15, 0.2) is 6.61 Å². The first-order chi connectivity index (χ1) is 8.49. The highest BCUT2D eigenvalue weighted by Gasteiger charge is 2.04. The molecule has 0 aromatic heterocycles. The van der Waals surface area contributed by atoms with Crippen molar-refractivity contribution in [1.82, 2.24) is 5.43 Å². The van der Waals surface area contributed by atoms with Gasteiger partial charge in [-0.1, -0.05) is 11.6 Å². The van der Waals surface area contributed by atoms with E-state index in [1.54, 1.807) is 12.1 Å². The molecule has 0 fully saturated rings. The fourth-order valence-corrected chi connectivity index (χ4v) is 1.30. The van der Waals surface area contributed by atoms with Crippen LogP contribution in [0.4, 0.5) is 0 Å². The number of carboxylic acid groups (broad SMARTS) is 1. The van der Waals surface area contributed by atoms with Crippen molar-refractivity contribution >= 4 is 29.7 Å². The summed E-state index contributed by atoms with van der Waals surface area (Å²) in [5, 5.41) is 12.4. The molecule has 0 radical (unpaired) electrons. The van der Waals surface area contributed by atoms with Gasteiger partial charge in [-0.15, -0.1) is 0 Å². The van der Waals surface area contributed by atoms with Crippen LogP contribution in [0.25, 0.3) is 0 Å². The second-order valence-corrected chi connectivity index (χ2v) is 3.71. The van der Waals surface area contributed by atoms with Gasteiger partial charge in [-0.25, -0.2) is 10.2 Å². The number of nitrogens with zero attached hydrogens (tertiary/aromatic N) is 1. The van der Waals surface area contributed by atoms with Gasteiger partial charge in [0.25, 0.3) is 0 Å². The first-order valence-electron chi connectivity index (χ1n) is 4.93. The standard InChI is InChI=1S/C11H11ClN2O4/c1-7(15)14-13-5-8-2-3-10(9(12)4-8)18-6-11(16)17/h2-5H,6H2,1H3,(H,14,15)(H,16,17)/b13-5+. The Balaban J connectivity index is 2.69. The predicted molar refractivity (Wildman–Crippen MR) is 66.0 cm³/mol. The van der Waals surface area contributed by atoms with E-state index < -0.39 is 12.6 Å². The third-order valence-electron chi connectivity index (χ3n) is 1.74. The van der Waals surface area contributed by atoms with Gasteiger partial charge in [0.2, 0.25) is 5.91 Å². The molecule has 0 heterocycles. The lowest BCUT2D eigenvalue weighted by molar-refractivity contribution is -0.139. The quantitative estimate of drug-likeness (QED) is 0.623. The molecule has 0 aliphatic heterocycles. The van der Waals surface area contributed by atoms with Crippen LogP contribution in [0, 0.1) is 0 Å². The maximum absolute atomic E-state index is 10.6. The first kappa shape index (κ1) is 14.0. The highest BCUT2D eigenvalue weighted by Crippen LogP contribution is 2.24. The Morgan fingerprint density at radius 1 is 1.56 bits per heavy atom. The largest absolute Gasteiger partial charge is 0.480 e. The molecule has 0 aliphatic rings. The van der Waals surface area contributed by atoms with Crippen LogP contribution >= 0.6 is 11.6 Å². The summed E-state index contributed by atoms with van der Waals surface area (Å²) >= 11 is 5.89. The number of halogens is 1. The molecule has 96 valence electrons. The zero-order valence-electron chi connectivity index (χ0n) is 9.51. The number of nitrogens with one attached hydrogen (secondary N) is 1. The highest BCUT2D eigenvalue weighted by molar-refractivity contribution is 6.32. The number of hydrazone groups is 1. The number of carbonyl (C=O) groups excluding carboxylic acids is 1. The smallest absolute Gasteiger partial charge is 0.341 e. The summed E-state index contributed by atoms with van der Waals surface area (Å²) in [6.45, 7) is 0.881. The van der Waals surface area contributed by atoms with Crippen molar-refractivity contribution in [2.75, 3.05) is 6.61 Å². The number of hydrogen-bond donors (Lipinski definition) is 2. The third kappa shape index (κ3) is 4.84. The molecule has 0 unspecified atom stereocenters. The van der Waals surface area contributed by atoms with E-state index in [2.05, 4.69) is 10.5 Å². The zero-order chi connectivity index (χ0) is 13.5. The van der Waals surface area contributed by atoms with Crippen molar-refractivity contribution in [3.8, 4) is 5.75 Å². The van der Waals surface area contributed by atoms with Crippen molar-refractivity contribution in [2.24, 2.45) is 5.10 Å². The van der Waals surface area contributed by atoms with Crippen LogP contribution in [0.3, 0.4) is 0 Å². The minimum absolute atomic E-state index is 0.267. The van der Waals surface area contributed by atoms with Gasteiger partial charge in [0.1, 0.15) is 5.75 Å². The second kappa shape index (κ2) is 6.61. The molecular weight excluding hydrogens is 260 g/mol. The van der Waals surface area contributed by atoms with Crippen molar-refractivity contribution in [3.63, 3.8) is 0 Å². The molecule has 0 bridgehead atoms. The van der Waals surface area contributed by atoms with E-state index in [1.165, 1.54) is 19.2 Å². The normalized spacial score (nSPS) is 10.3. The number of carbonyl (C=O) groups is 2. The molecule has 18 heavy (non-hydrogen) atoms. The van der Waals surface area contributed by atoms with Crippen molar-refractivity contribution in [1.29, 1.82) is 0 Å². The molecule has 6 nitrogen and oxygen atoms in total. The topological polar surface area (TPSA) is 88.0 Å². The van der Waals surface area contributed by atoms with E-state index in [9.17, 15) is 9.59 Å². The molecule has 0 saturated carbocycles. The average molecular weight is 271 g/mol. The van der Waals surface area contributed by atoms with Crippen LogP contribution in [0.2, 0.25) is 5.02 Å². The number of carboxylic acids is 1. The minimum atomic E-state index is -1.08. The Hall–Kier alpha value is -2.08. The molecule has 0 aliphatic carbocycles. The van der Waals surface area contributed by atoms with E-state index in [0.29, 0.717) is 5.56 Å². The van der Waals surface area contributed by atoms with Crippen LogP contribution in [-0.2, 0) is 9.59 Å². The molecule has 0 atom stereocenters. The van der Waals surface area contributed by atoms with E-state index >= 15 is 0 Å². The maximum atomic E-state index is 10.6. The van der Waals surface area contributed by atoms with Gasteiger partial charge in [0.05, 0.1) is 11.2 Å². The van der Waals surface area contributed by atoms with Gasteiger partial charge in [-0.05, 0) is 23.8 Å². The fourth-order valence-electron chi connectivity index (χ4n) is 1.05. The summed E-state index contributed by atoms with van der Waals surface area (Å²) in [5.41, 5.74) is 2.90. The molecule has 1 aromatic carbocycles. The van der Waals surface area contributed by atoms with Gasteiger partial charge >= 0.3 is 5.97 Å². The van der Waals surface area contributed by atoms with E-state index in [0.717, 1.165) is 0 Å². The lowest BCUT2D eigenvalue weighted by Gasteiger charge is -2.05. The van der Waals surface area contributed by atoms with E-state index in [1.807, 2.05) is 0 Å². The molecule has 2 N–H and O–H groups in total. The molecule has 1 amide bonds. The van der Waals surface area contributed by atoms with Gasteiger partial charge in [-0.2, -0.15) is 5.10 Å². The van der Waals surface area contributed by atoms with Crippen LogP contribution in [0.15, 0.2) is 23.3 Å². The van der Waals surface area contributed by atoms with Gasteiger partial charge < -0.3 is 9.84 Å². The number of rotatable bonds is 5. The number of hydrogen-bond acceptors (Lipinski definition) is 4. The summed E-state index contributed by atoms with van der Waals surface area (Å²) in [7, 11) is 0. The fraction of sp³-hybridized carbons (Fsp3) is 0.182. The van der Waals surface area contributed by atoms with Crippen LogP contribution in [0.5, 0.6) is 5.75 Å². The van der Waals surface area contributed by atoms with Crippen molar-refractivity contribution < 1.29 is 19.4 Å². The monoisotopic (exact) mass is 270 g/mol. The van der Waals surface area contributed by atoms with Gasteiger partial charge in [0, 0.05) is 6.92 Å². The van der Waals surface area contributed by atoms with Crippen LogP contribution in [-0.4, -0.2) is 29.8 Å². The average Bonchev–Trinajstić information content (AvgIpc) is 2.27. The van der Waals surface area contributed by atoms with Crippen molar-refractivity contribution in [2.45, 2.75) is 6.92 Å². The van der Waals surface area contributed by atoms with E-state index in [4.69, 9.17) is 21.4 Å². The summed E-state index contributed by atoms with van der Waals surface area (Å²) in [6.07, 6.45) is 1.41. The molecule has 1 rings (SSSR count). The van der Waals surface area contributed by atoms with Crippen LogP contribution < -0.4 is 10.2 Å². The third-order valence-corrected chi connectivity index (χ3v) is 2.04. The molecule has 1 aromatic rings. The lowest BCUT2D eigenvalue weighted by Crippen LogP contribution is -2.12. The van der Waals surface area contributed by atoms with Gasteiger partial charge in [-0.3, -0.25) is 4.79 Å². The summed E-state index contributed by atoms with van der Waals surface area (Å²) in [5.74, 6) is -1.09. The number of aliphatic carboxylic acids is 1. The Morgan fingerprint density at radius 2 is 2.28 bits per heavy atom. The Bertz CT molecular complexity index is 488. The predicted octanol–water partition coefficient (Wildman–Crippen LogP) is 1.27. The minimum Gasteiger partial charge on any atom is -0.480 e. The van der Waals surface area contributed by atoms with Crippen molar-refractivity contribution in [3.05, 3.63) is 28.8 Å². The summed E-state index contributed by atoms with van der Waals surface area (Å²) in [6, 6.07) is 4.71. The Morgan fingerprint density at radius 3 is 2.83 bits per heavy atom. The lowest BCUT2D eigenvalue weighted by atomic mass is 10.2.